The highest BCUT2D eigenvalue weighted by atomic mass is 32.1. The van der Waals surface area contributed by atoms with Gasteiger partial charge < -0.3 is 14.7 Å². The first kappa shape index (κ1) is 24.6. The lowest BCUT2D eigenvalue weighted by molar-refractivity contribution is -0.152. The summed E-state index contributed by atoms with van der Waals surface area (Å²) in [6, 6.07) is 10.6. The molecular formula is C24H25F3N2O3S. The van der Waals surface area contributed by atoms with Crippen molar-refractivity contribution >= 4 is 22.3 Å². The lowest BCUT2D eigenvalue weighted by atomic mass is 10.1. The fraction of sp³-hybridized carbons (Fsp3) is 0.333. The number of nitrogens with zero attached hydrogens (tertiary/aromatic N) is 2. The Morgan fingerprint density at radius 1 is 1.12 bits per heavy atom. The van der Waals surface area contributed by atoms with Crippen LogP contribution in [0.1, 0.15) is 36.2 Å². The van der Waals surface area contributed by atoms with Crippen LogP contribution in [0.5, 0.6) is 5.75 Å². The second-order valence-electron chi connectivity index (χ2n) is 8.36. The van der Waals surface area contributed by atoms with Crippen molar-refractivity contribution in [2.75, 3.05) is 11.9 Å². The molecule has 0 radical (unpaired) electrons. The number of hydrogen-bond acceptors (Lipinski definition) is 5. The Morgan fingerprint density at radius 2 is 1.76 bits per heavy atom. The van der Waals surface area contributed by atoms with Crippen molar-refractivity contribution in [2.45, 2.75) is 46.0 Å². The molecular weight excluding hydrogens is 453 g/mol. The molecule has 3 aromatic rings. The Labute approximate surface area is 194 Å². The van der Waals surface area contributed by atoms with Gasteiger partial charge in [0.2, 0.25) is 0 Å². The molecule has 0 atom stereocenters. The van der Waals surface area contributed by atoms with Crippen molar-refractivity contribution in [2.24, 2.45) is 0 Å². The molecule has 0 saturated carbocycles. The second-order valence-corrected chi connectivity index (χ2v) is 9.34. The zero-order valence-electron chi connectivity index (χ0n) is 18.9. The van der Waals surface area contributed by atoms with E-state index in [2.05, 4.69) is 4.98 Å². The lowest BCUT2D eigenvalue weighted by Gasteiger charge is -2.23. The first-order chi connectivity index (χ1) is 15.3. The number of carboxylic acids is 1. The fourth-order valence-corrected chi connectivity index (χ4v) is 4.29. The topological polar surface area (TPSA) is 62.7 Å². The summed E-state index contributed by atoms with van der Waals surface area (Å²) in [5, 5.41) is 10.8. The van der Waals surface area contributed by atoms with E-state index in [1.165, 1.54) is 37.3 Å². The Balaban J connectivity index is 1.76. The lowest BCUT2D eigenvalue weighted by Crippen LogP contribution is -2.38. The molecule has 0 fully saturated rings. The number of rotatable bonds is 7. The Morgan fingerprint density at radius 3 is 2.30 bits per heavy atom. The normalized spacial score (nSPS) is 12.0. The fourth-order valence-electron chi connectivity index (χ4n) is 3.26. The van der Waals surface area contributed by atoms with Crippen molar-refractivity contribution < 1.29 is 27.8 Å². The quantitative estimate of drug-likeness (QED) is 0.430. The molecule has 3 rings (SSSR count). The molecule has 0 unspecified atom stereocenters. The first-order valence-corrected chi connectivity index (χ1v) is 11.0. The molecule has 2 aromatic carbocycles. The molecule has 1 N–H and O–H groups in total. The average molecular weight is 479 g/mol. The number of carbonyl (C=O) groups is 1. The number of hydrogen-bond donors (Lipinski definition) is 1. The van der Waals surface area contributed by atoms with Crippen molar-refractivity contribution in [3.05, 3.63) is 64.8 Å². The van der Waals surface area contributed by atoms with Gasteiger partial charge in [-0.05, 0) is 57.0 Å². The third kappa shape index (κ3) is 5.65. The van der Waals surface area contributed by atoms with Crippen LogP contribution in [0.4, 0.5) is 18.2 Å². The van der Waals surface area contributed by atoms with Gasteiger partial charge in [-0.15, -0.1) is 0 Å². The molecule has 9 heteroatoms. The van der Waals surface area contributed by atoms with Crippen LogP contribution in [0.2, 0.25) is 0 Å². The Kier molecular flexibility index (Phi) is 6.74. The summed E-state index contributed by atoms with van der Waals surface area (Å²) < 4.78 is 44.1. The smallest absolute Gasteiger partial charge is 0.416 e. The minimum Gasteiger partial charge on any atom is -0.478 e. The minimum atomic E-state index is -4.37. The van der Waals surface area contributed by atoms with Gasteiger partial charge in [-0.2, -0.15) is 13.2 Å². The number of alkyl halides is 3. The van der Waals surface area contributed by atoms with Crippen LogP contribution in [0.15, 0.2) is 42.5 Å². The van der Waals surface area contributed by atoms with Gasteiger partial charge in [-0.1, -0.05) is 35.6 Å². The molecule has 0 bridgehead atoms. The summed E-state index contributed by atoms with van der Waals surface area (Å²) in [6.07, 6.45) is -4.37. The number of carboxylic acid groups (broad SMARTS) is 1. The standard InChI is InChI=1S/C24H25F3N2O3S/c1-14-12-16(6-11-19(14)32-23(3,4)22(30)31)13-29(5)21-15(2)28-20(33-21)17-7-9-18(10-8-17)24(25,26)27/h6-12H,13H2,1-5H3,(H,30,31). The predicted molar refractivity (Wildman–Crippen MR) is 123 cm³/mol. The van der Waals surface area contributed by atoms with Gasteiger partial charge in [0.15, 0.2) is 5.60 Å². The SMILES string of the molecule is Cc1cc(CN(C)c2sc(-c3ccc(C(F)(F)F)cc3)nc2C)ccc1OC(C)(C)C(=O)O. The molecule has 33 heavy (non-hydrogen) atoms. The van der Waals surface area contributed by atoms with Crippen LogP contribution in [0.25, 0.3) is 10.6 Å². The maximum absolute atomic E-state index is 12.8. The van der Waals surface area contributed by atoms with E-state index < -0.39 is 23.3 Å². The molecule has 1 aromatic heterocycles. The van der Waals surface area contributed by atoms with Gasteiger partial charge in [0.1, 0.15) is 15.8 Å². The summed E-state index contributed by atoms with van der Waals surface area (Å²) in [5.74, 6) is -0.539. The molecule has 5 nitrogen and oxygen atoms in total. The monoisotopic (exact) mass is 478 g/mol. The number of aromatic nitrogens is 1. The van der Waals surface area contributed by atoms with Crippen molar-refractivity contribution in [1.82, 2.24) is 4.98 Å². The van der Waals surface area contributed by atoms with E-state index in [-0.39, 0.29) is 0 Å². The number of anilines is 1. The van der Waals surface area contributed by atoms with E-state index in [9.17, 15) is 23.1 Å². The van der Waals surface area contributed by atoms with Crippen molar-refractivity contribution in [3.8, 4) is 16.3 Å². The number of aryl methyl sites for hydroxylation is 2. The van der Waals surface area contributed by atoms with Gasteiger partial charge in [0.25, 0.3) is 0 Å². The summed E-state index contributed by atoms with van der Waals surface area (Å²) in [6.45, 7) is 7.29. The van der Waals surface area contributed by atoms with Gasteiger partial charge in [-0.3, -0.25) is 0 Å². The molecule has 0 saturated heterocycles. The predicted octanol–water partition coefficient (Wildman–Crippen LogP) is 6.32. The van der Waals surface area contributed by atoms with E-state index >= 15 is 0 Å². The van der Waals surface area contributed by atoms with E-state index in [4.69, 9.17) is 4.74 Å². The zero-order valence-corrected chi connectivity index (χ0v) is 19.8. The highest BCUT2D eigenvalue weighted by molar-refractivity contribution is 7.19. The maximum atomic E-state index is 12.8. The second kappa shape index (κ2) is 9.05. The van der Waals surface area contributed by atoms with Crippen molar-refractivity contribution in [3.63, 3.8) is 0 Å². The molecule has 0 spiro atoms. The van der Waals surface area contributed by atoms with Crippen LogP contribution >= 0.6 is 11.3 Å². The van der Waals surface area contributed by atoms with E-state index in [1.807, 2.05) is 37.9 Å². The number of benzene rings is 2. The summed E-state index contributed by atoms with van der Waals surface area (Å²) in [5.41, 5.74) is 1.22. The molecule has 1 heterocycles. The minimum absolute atomic E-state index is 0.507. The molecule has 176 valence electrons. The average Bonchev–Trinajstić information content (AvgIpc) is 3.11. The Bertz CT molecular complexity index is 1150. The molecule has 0 aliphatic heterocycles. The van der Waals surface area contributed by atoms with E-state index in [1.54, 1.807) is 6.07 Å². The number of ether oxygens (including phenoxy) is 1. The third-order valence-corrected chi connectivity index (χ3v) is 6.44. The number of aliphatic carboxylic acids is 1. The molecule has 0 amide bonds. The summed E-state index contributed by atoms with van der Waals surface area (Å²) in [4.78, 5) is 17.9. The van der Waals surface area contributed by atoms with Gasteiger partial charge in [0, 0.05) is 19.2 Å². The van der Waals surface area contributed by atoms with E-state index in [0.29, 0.717) is 22.9 Å². The van der Waals surface area contributed by atoms with E-state index in [0.717, 1.165) is 34.0 Å². The van der Waals surface area contributed by atoms with Gasteiger partial charge in [-0.25, -0.2) is 9.78 Å². The van der Waals surface area contributed by atoms with Crippen LogP contribution in [0, 0.1) is 13.8 Å². The highest BCUT2D eigenvalue weighted by Crippen LogP contribution is 2.36. The molecule has 0 aliphatic rings. The van der Waals surface area contributed by atoms with Crippen LogP contribution < -0.4 is 9.64 Å². The summed E-state index contributed by atoms with van der Waals surface area (Å²) >= 11 is 1.42. The Hall–Kier alpha value is -3.07. The number of halogens is 3. The maximum Gasteiger partial charge on any atom is 0.416 e. The van der Waals surface area contributed by atoms with Crippen molar-refractivity contribution in [1.29, 1.82) is 0 Å². The van der Waals surface area contributed by atoms with Crippen LogP contribution in [-0.2, 0) is 17.5 Å². The largest absolute Gasteiger partial charge is 0.478 e. The van der Waals surface area contributed by atoms with Gasteiger partial charge >= 0.3 is 12.1 Å². The third-order valence-electron chi connectivity index (χ3n) is 5.12. The highest BCUT2D eigenvalue weighted by Gasteiger charge is 2.31. The summed E-state index contributed by atoms with van der Waals surface area (Å²) in [7, 11) is 1.92. The van der Waals surface area contributed by atoms with Crippen LogP contribution in [-0.4, -0.2) is 28.7 Å². The van der Waals surface area contributed by atoms with Gasteiger partial charge in [0.05, 0.1) is 11.3 Å². The first-order valence-electron chi connectivity index (χ1n) is 10.2. The zero-order chi connectivity index (χ0) is 24.6. The number of thiazole rings is 1. The molecule has 0 aliphatic carbocycles. The van der Waals surface area contributed by atoms with Crippen LogP contribution in [0.3, 0.4) is 0 Å².